The van der Waals surface area contributed by atoms with Crippen molar-refractivity contribution < 1.29 is 0 Å². The van der Waals surface area contributed by atoms with E-state index in [2.05, 4.69) is 70.0 Å². The largest absolute Gasteiger partial charge is 0.0884 e. The number of alkyl halides is 1. The fourth-order valence-electron chi connectivity index (χ4n) is 3.18. The van der Waals surface area contributed by atoms with Crippen LogP contribution in [-0.4, -0.2) is 4.83 Å². The Morgan fingerprint density at radius 2 is 1.89 bits per heavy atom. The zero-order valence-electron chi connectivity index (χ0n) is 11.3. The van der Waals surface area contributed by atoms with Crippen molar-refractivity contribution in [3.63, 3.8) is 0 Å². The number of hydrogen-bond donors (Lipinski definition) is 0. The topological polar surface area (TPSA) is 0 Å². The van der Waals surface area contributed by atoms with Crippen LogP contribution in [0.1, 0.15) is 45.1 Å². The van der Waals surface area contributed by atoms with Crippen LogP contribution in [-0.2, 0) is 6.42 Å². The molecule has 2 rings (SSSR count). The first kappa shape index (κ1) is 14.6. The molecule has 0 spiro atoms. The minimum absolute atomic E-state index is 0.488. The molecule has 2 atom stereocenters. The number of hydrogen-bond acceptors (Lipinski definition) is 0. The third kappa shape index (κ3) is 3.60. The summed E-state index contributed by atoms with van der Waals surface area (Å²) in [7, 11) is 0. The molecule has 0 aliphatic heterocycles. The second-order valence-corrected chi connectivity index (χ2v) is 8.28. The van der Waals surface area contributed by atoms with Crippen LogP contribution < -0.4 is 0 Å². The molecule has 0 heterocycles. The minimum Gasteiger partial charge on any atom is -0.0884 e. The van der Waals surface area contributed by atoms with Gasteiger partial charge in [-0.1, -0.05) is 70.7 Å². The molecule has 100 valence electrons. The summed E-state index contributed by atoms with van der Waals surface area (Å²) >= 11 is 7.45. The highest BCUT2D eigenvalue weighted by Crippen LogP contribution is 2.45. The van der Waals surface area contributed by atoms with Gasteiger partial charge in [0.15, 0.2) is 0 Å². The third-order valence-electron chi connectivity index (χ3n) is 4.37. The highest BCUT2D eigenvalue weighted by Gasteiger charge is 2.36. The van der Waals surface area contributed by atoms with Crippen LogP contribution in [0, 0.1) is 11.3 Å². The van der Waals surface area contributed by atoms with Crippen molar-refractivity contribution in [1.29, 1.82) is 0 Å². The summed E-state index contributed by atoms with van der Waals surface area (Å²) < 4.78 is 1.16. The van der Waals surface area contributed by atoms with Gasteiger partial charge in [-0.05, 0) is 48.3 Å². The molecule has 0 N–H and O–H groups in total. The summed E-state index contributed by atoms with van der Waals surface area (Å²) in [6.45, 7) is 4.87. The van der Waals surface area contributed by atoms with Crippen LogP contribution in [0.3, 0.4) is 0 Å². The van der Waals surface area contributed by atoms with E-state index in [-0.39, 0.29) is 0 Å². The number of rotatable bonds is 3. The van der Waals surface area contributed by atoms with Gasteiger partial charge in [-0.3, -0.25) is 0 Å². The normalized spacial score (nSPS) is 24.8. The second-order valence-electron chi connectivity index (χ2n) is 6.19. The van der Waals surface area contributed by atoms with Gasteiger partial charge in [-0.25, -0.2) is 0 Å². The van der Waals surface area contributed by atoms with Gasteiger partial charge < -0.3 is 0 Å². The lowest BCUT2D eigenvalue weighted by Crippen LogP contribution is -2.35. The summed E-state index contributed by atoms with van der Waals surface area (Å²) in [5.41, 5.74) is 1.92. The van der Waals surface area contributed by atoms with Crippen molar-refractivity contribution in [2.24, 2.45) is 11.3 Å². The van der Waals surface area contributed by atoms with Gasteiger partial charge in [0.25, 0.3) is 0 Å². The van der Waals surface area contributed by atoms with Gasteiger partial charge in [0, 0.05) is 9.30 Å². The van der Waals surface area contributed by atoms with Gasteiger partial charge in [0.1, 0.15) is 0 Å². The van der Waals surface area contributed by atoms with Crippen molar-refractivity contribution >= 4 is 31.9 Å². The zero-order chi connectivity index (χ0) is 13.2. The van der Waals surface area contributed by atoms with Crippen molar-refractivity contribution in [3.05, 3.63) is 34.3 Å². The summed E-state index contributed by atoms with van der Waals surface area (Å²) in [6.07, 6.45) is 6.69. The van der Waals surface area contributed by atoms with Gasteiger partial charge in [-0.15, -0.1) is 0 Å². The predicted octanol–water partition coefficient (Wildman–Crippen LogP) is 5.97. The molecule has 1 saturated carbocycles. The molecule has 2 heteroatoms. The van der Waals surface area contributed by atoms with E-state index in [1.165, 1.54) is 31.2 Å². The maximum atomic E-state index is 3.96. The smallest absolute Gasteiger partial charge is 0.0219 e. The monoisotopic (exact) mass is 372 g/mol. The number of halogens is 2. The van der Waals surface area contributed by atoms with Crippen molar-refractivity contribution in [2.75, 3.05) is 0 Å². The molecular weight excluding hydrogens is 352 g/mol. The van der Waals surface area contributed by atoms with Crippen LogP contribution in [0.2, 0.25) is 0 Å². The van der Waals surface area contributed by atoms with E-state index in [1.54, 1.807) is 0 Å². The van der Waals surface area contributed by atoms with Crippen LogP contribution >= 0.6 is 31.9 Å². The Hall–Kier alpha value is 0.180. The van der Waals surface area contributed by atoms with E-state index in [0.29, 0.717) is 10.2 Å². The Kier molecular flexibility index (Phi) is 4.93. The first-order valence-corrected chi connectivity index (χ1v) is 8.58. The molecule has 0 bridgehead atoms. The van der Waals surface area contributed by atoms with Crippen molar-refractivity contribution in [3.8, 4) is 0 Å². The summed E-state index contributed by atoms with van der Waals surface area (Å²) in [4.78, 5) is 0.606. The lowest BCUT2D eigenvalue weighted by molar-refractivity contribution is 0.136. The maximum absolute atomic E-state index is 3.96. The third-order valence-corrected chi connectivity index (χ3v) is 5.86. The lowest BCUT2D eigenvalue weighted by atomic mass is 9.67. The summed E-state index contributed by atoms with van der Waals surface area (Å²) in [6, 6.07) is 8.74. The molecule has 0 nitrogen and oxygen atoms in total. The SMILES string of the molecule is CC1(C)CCCCC1C(Br)Cc1ccc(Br)cc1. The Bertz CT molecular complexity index is 381. The first-order chi connectivity index (χ1) is 8.49. The molecule has 18 heavy (non-hydrogen) atoms. The highest BCUT2D eigenvalue weighted by molar-refractivity contribution is 9.10. The maximum Gasteiger partial charge on any atom is 0.0219 e. The molecule has 0 radical (unpaired) electrons. The molecule has 1 aromatic carbocycles. The molecule has 1 aliphatic carbocycles. The fourth-order valence-corrected chi connectivity index (χ4v) is 4.80. The Morgan fingerprint density at radius 1 is 1.22 bits per heavy atom. The van der Waals surface area contributed by atoms with Crippen LogP contribution in [0.15, 0.2) is 28.7 Å². The van der Waals surface area contributed by atoms with E-state index in [4.69, 9.17) is 0 Å². The summed E-state index contributed by atoms with van der Waals surface area (Å²) in [5.74, 6) is 0.801. The molecule has 0 amide bonds. The fraction of sp³-hybridized carbons (Fsp3) is 0.625. The minimum atomic E-state index is 0.488. The van der Waals surface area contributed by atoms with Crippen molar-refractivity contribution in [1.82, 2.24) is 0 Å². The molecule has 1 aromatic rings. The zero-order valence-corrected chi connectivity index (χ0v) is 14.4. The van der Waals surface area contributed by atoms with E-state index in [0.717, 1.165) is 16.8 Å². The average Bonchev–Trinajstić information content (AvgIpc) is 2.31. The van der Waals surface area contributed by atoms with Crippen LogP contribution in [0.4, 0.5) is 0 Å². The van der Waals surface area contributed by atoms with Crippen molar-refractivity contribution in [2.45, 2.75) is 50.8 Å². The lowest BCUT2D eigenvalue weighted by Gasteiger charge is -2.41. The Balaban J connectivity index is 2.02. The average molecular weight is 374 g/mol. The molecule has 2 unspecified atom stereocenters. The van der Waals surface area contributed by atoms with Crippen LogP contribution in [0.25, 0.3) is 0 Å². The summed E-state index contributed by atoms with van der Waals surface area (Å²) in [5, 5.41) is 0. The van der Waals surface area contributed by atoms with Gasteiger partial charge in [-0.2, -0.15) is 0 Å². The van der Waals surface area contributed by atoms with Gasteiger partial charge >= 0.3 is 0 Å². The molecule has 1 fully saturated rings. The van der Waals surface area contributed by atoms with Gasteiger partial charge in [0.2, 0.25) is 0 Å². The molecule has 0 aromatic heterocycles. The standard InChI is InChI=1S/C16H22Br2/c1-16(2)10-4-3-5-14(16)15(18)11-12-6-8-13(17)9-7-12/h6-9,14-15H,3-5,10-11H2,1-2H3. The Morgan fingerprint density at radius 3 is 2.50 bits per heavy atom. The predicted molar refractivity (Wildman–Crippen MR) is 86.3 cm³/mol. The second kappa shape index (κ2) is 6.09. The number of benzene rings is 1. The van der Waals surface area contributed by atoms with E-state index < -0.39 is 0 Å². The van der Waals surface area contributed by atoms with Crippen LogP contribution in [0.5, 0.6) is 0 Å². The van der Waals surface area contributed by atoms with E-state index in [9.17, 15) is 0 Å². The first-order valence-electron chi connectivity index (χ1n) is 6.87. The molecular formula is C16H22Br2. The van der Waals surface area contributed by atoms with E-state index >= 15 is 0 Å². The highest BCUT2D eigenvalue weighted by atomic mass is 79.9. The van der Waals surface area contributed by atoms with E-state index in [1.807, 2.05) is 0 Å². The molecule has 1 aliphatic rings. The van der Waals surface area contributed by atoms with Gasteiger partial charge in [0.05, 0.1) is 0 Å². The molecule has 0 saturated heterocycles. The quantitative estimate of drug-likeness (QED) is 0.572. The Labute approximate surface area is 128 Å².